The van der Waals surface area contributed by atoms with E-state index in [1.807, 2.05) is 32.9 Å². The Morgan fingerprint density at radius 3 is 2.57 bits per heavy atom. The first-order chi connectivity index (χ1) is 13.3. The summed E-state index contributed by atoms with van der Waals surface area (Å²) in [6, 6.07) is 6.60. The van der Waals surface area contributed by atoms with Gasteiger partial charge in [-0.2, -0.15) is 0 Å². The van der Waals surface area contributed by atoms with Crippen molar-refractivity contribution in [1.82, 2.24) is 19.4 Å². The van der Waals surface area contributed by atoms with Crippen LogP contribution in [0, 0.1) is 6.92 Å². The van der Waals surface area contributed by atoms with Crippen LogP contribution in [0.5, 0.6) is 0 Å². The number of furan rings is 1. The first kappa shape index (κ1) is 19.3. The Bertz CT molecular complexity index is 1070. The summed E-state index contributed by atoms with van der Waals surface area (Å²) >= 11 is 0. The number of aromatic nitrogens is 3. The molecule has 0 saturated carbocycles. The van der Waals surface area contributed by atoms with Gasteiger partial charge in [0.25, 0.3) is 5.56 Å². The average molecular weight is 381 g/mol. The molecule has 0 bridgehead atoms. The van der Waals surface area contributed by atoms with E-state index in [-0.39, 0.29) is 23.6 Å². The number of urea groups is 1. The summed E-state index contributed by atoms with van der Waals surface area (Å²) in [5.74, 6) is 1.46. The smallest absolute Gasteiger partial charge is 0.323 e. The Morgan fingerprint density at radius 2 is 1.96 bits per heavy atom. The molecular formula is C20H23N5O3. The minimum absolute atomic E-state index is 0.0151. The Morgan fingerprint density at radius 1 is 1.21 bits per heavy atom. The fourth-order valence-electron chi connectivity index (χ4n) is 2.68. The second kappa shape index (κ2) is 7.67. The molecule has 8 heteroatoms. The van der Waals surface area contributed by atoms with Crippen molar-refractivity contribution < 1.29 is 9.21 Å². The van der Waals surface area contributed by atoms with Gasteiger partial charge in [-0.1, -0.05) is 0 Å². The minimum Gasteiger partial charge on any atom is -0.460 e. The third kappa shape index (κ3) is 3.95. The van der Waals surface area contributed by atoms with Crippen LogP contribution in [0.25, 0.3) is 22.6 Å². The van der Waals surface area contributed by atoms with Crippen LogP contribution in [0.4, 0.5) is 10.7 Å². The number of amides is 2. The SMILES string of the molecule is Cc1ccc(-c2nc(NC(=O)N(C)C)ncc2-c2ccc(=O)n(C(C)C)c2)o1. The summed E-state index contributed by atoms with van der Waals surface area (Å²) in [5, 5.41) is 2.64. The van der Waals surface area contributed by atoms with Crippen LogP contribution in [0.3, 0.4) is 0 Å². The summed E-state index contributed by atoms with van der Waals surface area (Å²) < 4.78 is 7.41. The van der Waals surface area contributed by atoms with Crippen molar-refractivity contribution in [3.8, 4) is 22.6 Å². The molecule has 0 unspecified atom stereocenters. The van der Waals surface area contributed by atoms with Crippen molar-refractivity contribution in [3.63, 3.8) is 0 Å². The topological polar surface area (TPSA) is 93.3 Å². The molecule has 1 N–H and O–H groups in total. The minimum atomic E-state index is -0.331. The van der Waals surface area contributed by atoms with E-state index in [4.69, 9.17) is 4.42 Å². The molecule has 0 aromatic carbocycles. The van der Waals surface area contributed by atoms with Crippen molar-refractivity contribution in [2.24, 2.45) is 0 Å². The number of carbonyl (C=O) groups is 1. The average Bonchev–Trinajstić information content (AvgIpc) is 3.08. The molecule has 146 valence electrons. The normalized spacial score (nSPS) is 10.9. The molecule has 0 aliphatic carbocycles. The van der Waals surface area contributed by atoms with E-state index in [0.717, 1.165) is 11.3 Å². The molecule has 28 heavy (non-hydrogen) atoms. The lowest BCUT2D eigenvalue weighted by Gasteiger charge is -2.14. The molecule has 0 aliphatic heterocycles. The van der Waals surface area contributed by atoms with Crippen LogP contribution in [-0.2, 0) is 0 Å². The van der Waals surface area contributed by atoms with Crippen molar-refractivity contribution in [3.05, 3.63) is 52.8 Å². The number of pyridine rings is 1. The van der Waals surface area contributed by atoms with Gasteiger partial charge in [-0.05, 0) is 39.0 Å². The molecule has 0 saturated heterocycles. The molecule has 8 nitrogen and oxygen atoms in total. The number of hydrogen-bond acceptors (Lipinski definition) is 5. The molecular weight excluding hydrogens is 358 g/mol. The predicted molar refractivity (Wildman–Crippen MR) is 107 cm³/mol. The molecule has 2 amide bonds. The van der Waals surface area contributed by atoms with Gasteiger partial charge in [-0.25, -0.2) is 14.8 Å². The molecule has 3 aromatic rings. The van der Waals surface area contributed by atoms with Crippen molar-refractivity contribution >= 4 is 12.0 Å². The third-order valence-corrected chi connectivity index (χ3v) is 4.19. The number of anilines is 1. The number of hydrogen-bond donors (Lipinski definition) is 1. The van der Waals surface area contributed by atoms with Crippen LogP contribution in [0.2, 0.25) is 0 Å². The van der Waals surface area contributed by atoms with Crippen molar-refractivity contribution in [1.29, 1.82) is 0 Å². The van der Waals surface area contributed by atoms with Crippen molar-refractivity contribution in [2.45, 2.75) is 26.8 Å². The molecule has 3 rings (SSSR count). The van der Waals surface area contributed by atoms with Crippen LogP contribution in [0.1, 0.15) is 25.6 Å². The van der Waals surface area contributed by atoms with E-state index < -0.39 is 0 Å². The number of nitrogens with zero attached hydrogens (tertiary/aromatic N) is 4. The van der Waals surface area contributed by atoms with E-state index in [1.165, 1.54) is 11.0 Å². The maximum atomic E-state index is 12.1. The van der Waals surface area contributed by atoms with E-state index in [2.05, 4.69) is 15.3 Å². The summed E-state index contributed by atoms with van der Waals surface area (Å²) in [4.78, 5) is 34.2. The Balaban J connectivity index is 2.14. The largest absolute Gasteiger partial charge is 0.460 e. The standard InChI is InChI=1S/C20H23N5O3/c1-12(2)25-11-14(7-9-17(25)26)15-10-21-19(23-20(27)24(4)5)22-18(15)16-8-6-13(3)28-16/h6-12H,1-5H3,(H,21,22,23,27). The monoisotopic (exact) mass is 381 g/mol. The molecule has 0 fully saturated rings. The summed E-state index contributed by atoms with van der Waals surface area (Å²) in [6.45, 7) is 5.73. The number of nitrogens with one attached hydrogen (secondary N) is 1. The van der Waals surface area contributed by atoms with Crippen molar-refractivity contribution in [2.75, 3.05) is 19.4 Å². The van der Waals surface area contributed by atoms with Crippen LogP contribution in [-0.4, -0.2) is 39.6 Å². The van der Waals surface area contributed by atoms with Gasteiger partial charge in [0.15, 0.2) is 5.76 Å². The first-order valence-corrected chi connectivity index (χ1v) is 8.91. The van der Waals surface area contributed by atoms with Gasteiger partial charge in [0, 0.05) is 49.7 Å². The lowest BCUT2D eigenvalue weighted by atomic mass is 10.1. The fraction of sp³-hybridized carbons (Fsp3) is 0.300. The number of aryl methyl sites for hydroxylation is 1. The molecule has 0 radical (unpaired) electrons. The molecule has 3 aromatic heterocycles. The quantitative estimate of drug-likeness (QED) is 0.746. The molecule has 3 heterocycles. The molecule has 0 spiro atoms. The maximum Gasteiger partial charge on any atom is 0.323 e. The highest BCUT2D eigenvalue weighted by molar-refractivity contribution is 5.88. The Hall–Kier alpha value is -3.42. The highest BCUT2D eigenvalue weighted by Gasteiger charge is 2.17. The van der Waals surface area contributed by atoms with Gasteiger partial charge < -0.3 is 13.9 Å². The van der Waals surface area contributed by atoms with E-state index >= 15 is 0 Å². The highest BCUT2D eigenvalue weighted by Crippen LogP contribution is 2.31. The zero-order valence-corrected chi connectivity index (χ0v) is 16.6. The van der Waals surface area contributed by atoms with Crippen LogP contribution < -0.4 is 10.9 Å². The summed E-state index contributed by atoms with van der Waals surface area (Å²) in [6.07, 6.45) is 3.40. The van der Waals surface area contributed by atoms with Crippen LogP contribution in [0.15, 0.2) is 45.9 Å². The van der Waals surface area contributed by atoms with E-state index in [1.54, 1.807) is 37.1 Å². The summed E-state index contributed by atoms with van der Waals surface area (Å²) in [5.41, 5.74) is 1.94. The van der Waals surface area contributed by atoms with Gasteiger partial charge in [-0.3, -0.25) is 10.1 Å². The van der Waals surface area contributed by atoms with Gasteiger partial charge in [0.1, 0.15) is 11.5 Å². The zero-order chi connectivity index (χ0) is 20.4. The Kier molecular flexibility index (Phi) is 5.30. The lowest BCUT2D eigenvalue weighted by Crippen LogP contribution is -2.28. The predicted octanol–water partition coefficient (Wildman–Crippen LogP) is 3.55. The zero-order valence-electron chi connectivity index (χ0n) is 16.6. The molecule has 0 aliphatic rings. The number of rotatable bonds is 4. The van der Waals surface area contributed by atoms with Crippen LogP contribution >= 0.6 is 0 Å². The highest BCUT2D eigenvalue weighted by atomic mass is 16.3. The summed E-state index contributed by atoms with van der Waals surface area (Å²) in [7, 11) is 3.27. The van der Waals surface area contributed by atoms with Gasteiger partial charge in [0.05, 0.1) is 0 Å². The van der Waals surface area contributed by atoms with Gasteiger partial charge in [-0.15, -0.1) is 0 Å². The molecule has 0 atom stereocenters. The second-order valence-electron chi connectivity index (χ2n) is 6.95. The van der Waals surface area contributed by atoms with E-state index in [0.29, 0.717) is 17.0 Å². The van der Waals surface area contributed by atoms with Gasteiger partial charge in [0.2, 0.25) is 5.95 Å². The van der Waals surface area contributed by atoms with Gasteiger partial charge >= 0.3 is 6.03 Å². The maximum absolute atomic E-state index is 12.1. The lowest BCUT2D eigenvalue weighted by molar-refractivity contribution is 0.230. The third-order valence-electron chi connectivity index (χ3n) is 4.19. The Labute approximate surface area is 162 Å². The number of carbonyl (C=O) groups excluding carboxylic acids is 1. The van der Waals surface area contributed by atoms with E-state index in [9.17, 15) is 9.59 Å². The fourth-order valence-corrected chi connectivity index (χ4v) is 2.68. The first-order valence-electron chi connectivity index (χ1n) is 8.91. The second-order valence-corrected chi connectivity index (χ2v) is 6.95.